The Balaban J connectivity index is 2.48. The second-order valence-electron chi connectivity index (χ2n) is 2.23. The molecular formula is C9H4NO2. The molecule has 1 aromatic carbocycles. The molecule has 1 radical (unpaired) electrons. The summed E-state index contributed by atoms with van der Waals surface area (Å²) in [4.78, 5) is 0. The van der Waals surface area contributed by atoms with Crippen molar-refractivity contribution in [2.24, 2.45) is 0 Å². The summed E-state index contributed by atoms with van der Waals surface area (Å²) < 4.78 is 10.0. The Labute approximate surface area is 69.5 Å². The number of rotatable bonds is 0. The second-order valence-corrected chi connectivity index (χ2v) is 2.23. The summed E-state index contributed by atoms with van der Waals surface area (Å²) >= 11 is 0. The zero-order valence-corrected chi connectivity index (χ0v) is 6.07. The largest absolute Gasteiger partial charge is 0.457 e. The normalized spacial score (nSPS) is 12.2. The van der Waals surface area contributed by atoms with Gasteiger partial charge in [-0.25, -0.2) is 0 Å². The number of benzene rings is 1. The van der Waals surface area contributed by atoms with E-state index in [1.807, 2.05) is 6.07 Å². The predicted molar refractivity (Wildman–Crippen MR) is 40.2 cm³/mol. The average molecular weight is 158 g/mol. The van der Waals surface area contributed by atoms with Crippen LogP contribution in [0.25, 0.3) is 0 Å². The minimum atomic E-state index is 0.549. The Bertz CT molecular complexity index is 377. The number of nitrogens with zero attached hydrogens (tertiary/aromatic N) is 1. The molecule has 0 amide bonds. The molecule has 0 saturated carbocycles. The summed E-state index contributed by atoms with van der Waals surface area (Å²) in [6.45, 7) is 0. The van der Waals surface area contributed by atoms with Gasteiger partial charge in [0, 0.05) is 6.07 Å². The van der Waals surface area contributed by atoms with Gasteiger partial charge in [-0.1, -0.05) is 0 Å². The van der Waals surface area contributed by atoms with Gasteiger partial charge < -0.3 is 9.47 Å². The van der Waals surface area contributed by atoms with Gasteiger partial charge in [-0.15, -0.1) is 0 Å². The van der Waals surface area contributed by atoms with Crippen LogP contribution in [0.2, 0.25) is 0 Å². The minimum absolute atomic E-state index is 0.549. The highest BCUT2D eigenvalue weighted by atomic mass is 16.5. The zero-order chi connectivity index (χ0) is 8.39. The first-order chi connectivity index (χ1) is 5.90. The summed E-state index contributed by atoms with van der Waals surface area (Å²) in [6.07, 6.45) is 3.76. The topological polar surface area (TPSA) is 42.2 Å². The fourth-order valence-corrected chi connectivity index (χ4v) is 0.929. The maximum Gasteiger partial charge on any atom is 0.208 e. The lowest BCUT2D eigenvalue weighted by Crippen LogP contribution is -1.96. The number of hydrogen-bond donors (Lipinski definition) is 0. The first-order valence-corrected chi connectivity index (χ1v) is 3.35. The SMILES string of the molecule is N#Cc1ccc2c(c1)OC=[C]O2. The molecule has 0 aromatic heterocycles. The first kappa shape index (κ1) is 6.74. The highest BCUT2D eigenvalue weighted by molar-refractivity contribution is 5.47. The van der Waals surface area contributed by atoms with Crippen LogP contribution in [0.5, 0.6) is 11.5 Å². The van der Waals surface area contributed by atoms with Crippen LogP contribution >= 0.6 is 0 Å². The molecule has 0 N–H and O–H groups in total. The van der Waals surface area contributed by atoms with Crippen molar-refractivity contribution in [2.75, 3.05) is 0 Å². The molecule has 0 bridgehead atoms. The number of ether oxygens (including phenoxy) is 2. The molecular weight excluding hydrogens is 154 g/mol. The van der Waals surface area contributed by atoms with Gasteiger partial charge in [0.25, 0.3) is 0 Å². The molecule has 1 aliphatic heterocycles. The van der Waals surface area contributed by atoms with E-state index in [-0.39, 0.29) is 0 Å². The molecule has 3 heteroatoms. The molecule has 1 aromatic rings. The van der Waals surface area contributed by atoms with Gasteiger partial charge in [-0.2, -0.15) is 5.26 Å². The van der Waals surface area contributed by atoms with E-state index < -0.39 is 0 Å². The lowest BCUT2D eigenvalue weighted by Gasteiger charge is -2.10. The van der Waals surface area contributed by atoms with Gasteiger partial charge in [-0.3, -0.25) is 0 Å². The highest BCUT2D eigenvalue weighted by Gasteiger charge is 2.08. The predicted octanol–water partition coefficient (Wildman–Crippen LogP) is 1.60. The minimum Gasteiger partial charge on any atom is -0.457 e. The quantitative estimate of drug-likeness (QED) is 0.576. The van der Waals surface area contributed by atoms with Crippen LogP contribution in [-0.4, -0.2) is 0 Å². The van der Waals surface area contributed by atoms with Gasteiger partial charge in [-0.05, 0) is 12.1 Å². The van der Waals surface area contributed by atoms with Gasteiger partial charge >= 0.3 is 0 Å². The monoisotopic (exact) mass is 158 g/mol. The molecule has 0 fully saturated rings. The highest BCUT2D eigenvalue weighted by Crippen LogP contribution is 2.30. The van der Waals surface area contributed by atoms with Gasteiger partial charge in [0.1, 0.15) is 6.26 Å². The summed E-state index contributed by atoms with van der Waals surface area (Å²) in [5.74, 6) is 1.13. The van der Waals surface area contributed by atoms with Crippen molar-refractivity contribution in [3.8, 4) is 17.6 Å². The van der Waals surface area contributed by atoms with E-state index in [0.717, 1.165) is 0 Å². The van der Waals surface area contributed by atoms with Crippen LogP contribution < -0.4 is 9.47 Å². The van der Waals surface area contributed by atoms with Crippen molar-refractivity contribution in [2.45, 2.75) is 0 Å². The molecule has 0 unspecified atom stereocenters. The molecule has 57 valence electrons. The van der Waals surface area contributed by atoms with E-state index in [1.54, 1.807) is 18.2 Å². The van der Waals surface area contributed by atoms with Crippen LogP contribution in [0.3, 0.4) is 0 Å². The second kappa shape index (κ2) is 2.59. The van der Waals surface area contributed by atoms with Gasteiger partial charge in [0.2, 0.25) is 6.26 Å². The van der Waals surface area contributed by atoms with E-state index in [1.165, 1.54) is 6.26 Å². The summed E-state index contributed by atoms with van der Waals surface area (Å²) in [5, 5.41) is 8.57. The number of nitriles is 1. The molecule has 0 spiro atoms. The number of fused-ring (bicyclic) bond motifs is 1. The summed E-state index contributed by atoms with van der Waals surface area (Å²) in [6, 6.07) is 6.96. The average Bonchev–Trinajstić information content (AvgIpc) is 2.17. The van der Waals surface area contributed by atoms with Crippen LogP contribution in [-0.2, 0) is 0 Å². The van der Waals surface area contributed by atoms with E-state index in [0.29, 0.717) is 17.1 Å². The van der Waals surface area contributed by atoms with E-state index >= 15 is 0 Å². The van der Waals surface area contributed by atoms with Crippen LogP contribution in [0, 0.1) is 17.6 Å². The summed E-state index contributed by atoms with van der Waals surface area (Å²) in [7, 11) is 0. The van der Waals surface area contributed by atoms with Crippen LogP contribution in [0.15, 0.2) is 24.5 Å². The van der Waals surface area contributed by atoms with Crippen molar-refractivity contribution in [3.63, 3.8) is 0 Å². The molecule has 0 aliphatic carbocycles. The Hall–Kier alpha value is -1.95. The standard InChI is InChI=1S/C9H4NO2/c10-6-7-1-2-8-9(5-7)12-4-3-11-8/h1-2,4-5H. The van der Waals surface area contributed by atoms with Crippen molar-refractivity contribution in [1.82, 2.24) is 0 Å². The maximum atomic E-state index is 8.57. The van der Waals surface area contributed by atoms with Crippen LogP contribution in [0.4, 0.5) is 0 Å². The third-order valence-electron chi connectivity index (χ3n) is 1.48. The molecule has 3 nitrogen and oxygen atoms in total. The fraction of sp³-hybridized carbons (Fsp3) is 0. The van der Waals surface area contributed by atoms with Gasteiger partial charge in [0.15, 0.2) is 11.5 Å². The Kier molecular flexibility index (Phi) is 1.45. The van der Waals surface area contributed by atoms with Gasteiger partial charge in [0.05, 0.1) is 11.6 Å². The first-order valence-electron chi connectivity index (χ1n) is 3.35. The third kappa shape index (κ3) is 0.995. The fourth-order valence-electron chi connectivity index (χ4n) is 0.929. The Morgan fingerprint density at radius 2 is 2.25 bits per heavy atom. The summed E-state index contributed by atoms with van der Waals surface area (Å²) in [5.41, 5.74) is 0.549. The Morgan fingerprint density at radius 1 is 1.33 bits per heavy atom. The lowest BCUT2D eigenvalue weighted by molar-refractivity contribution is 0.343. The molecule has 1 aliphatic rings. The zero-order valence-electron chi connectivity index (χ0n) is 6.07. The lowest BCUT2D eigenvalue weighted by atomic mass is 10.2. The molecule has 12 heavy (non-hydrogen) atoms. The maximum absolute atomic E-state index is 8.57. The molecule has 1 heterocycles. The van der Waals surface area contributed by atoms with E-state index in [9.17, 15) is 0 Å². The van der Waals surface area contributed by atoms with E-state index in [2.05, 4.69) is 6.26 Å². The van der Waals surface area contributed by atoms with Crippen LogP contribution in [0.1, 0.15) is 5.56 Å². The van der Waals surface area contributed by atoms with Crippen molar-refractivity contribution < 1.29 is 9.47 Å². The van der Waals surface area contributed by atoms with Crippen molar-refractivity contribution >= 4 is 0 Å². The smallest absolute Gasteiger partial charge is 0.208 e. The van der Waals surface area contributed by atoms with Crippen molar-refractivity contribution in [1.29, 1.82) is 5.26 Å². The molecule has 2 rings (SSSR count). The Morgan fingerprint density at radius 3 is 3.08 bits per heavy atom. The molecule has 0 saturated heterocycles. The van der Waals surface area contributed by atoms with Crippen molar-refractivity contribution in [3.05, 3.63) is 36.3 Å². The molecule has 0 atom stereocenters. The van der Waals surface area contributed by atoms with E-state index in [4.69, 9.17) is 14.7 Å². The third-order valence-corrected chi connectivity index (χ3v) is 1.48. The number of hydrogen-bond acceptors (Lipinski definition) is 3.